The van der Waals surface area contributed by atoms with Crippen LogP contribution in [0.25, 0.3) is 0 Å². The molecule has 1 N–H and O–H groups in total. The predicted octanol–water partition coefficient (Wildman–Crippen LogP) is 4.50. The van der Waals surface area contributed by atoms with Crippen LogP contribution in [0.4, 0.5) is 0 Å². The number of carbonyl (C=O) groups is 3. The number of ketones is 1. The van der Waals surface area contributed by atoms with E-state index in [9.17, 15) is 19.5 Å². The Kier molecular flexibility index (Phi) is 4.71. The molecular formula is C27H32O7. The summed E-state index contributed by atoms with van der Waals surface area (Å²) in [6.07, 6.45) is 6.76. The van der Waals surface area contributed by atoms with Crippen LogP contribution in [0.3, 0.4) is 0 Å². The van der Waals surface area contributed by atoms with Gasteiger partial charge in [-0.2, -0.15) is 0 Å². The third-order valence-electron chi connectivity index (χ3n) is 9.50. The summed E-state index contributed by atoms with van der Waals surface area (Å²) in [7, 11) is 0. The molecule has 4 aliphatic rings. The van der Waals surface area contributed by atoms with E-state index in [0.29, 0.717) is 12.8 Å². The Morgan fingerprint density at radius 3 is 2.53 bits per heavy atom. The number of carboxylic acid groups (broad SMARTS) is 1. The Morgan fingerprint density at radius 2 is 1.91 bits per heavy atom. The Labute approximate surface area is 199 Å². The van der Waals surface area contributed by atoms with Crippen molar-refractivity contribution in [1.29, 1.82) is 0 Å². The Morgan fingerprint density at radius 1 is 1.21 bits per heavy atom. The maximum Gasteiger partial charge on any atom is 0.339 e. The Hall–Kier alpha value is -2.67. The normalized spacial score (nSPS) is 43.5. The molecule has 1 saturated carbocycles. The molecule has 5 rings (SSSR count). The molecular weight excluding hydrogens is 436 g/mol. The summed E-state index contributed by atoms with van der Waals surface area (Å²) >= 11 is 0. The van der Waals surface area contributed by atoms with Crippen molar-refractivity contribution in [3.8, 4) is 0 Å². The number of cyclic esters (lactones) is 1. The largest absolute Gasteiger partial charge is 0.481 e. The molecule has 3 heterocycles. The molecule has 1 aromatic rings. The highest BCUT2D eigenvalue weighted by Gasteiger charge is 2.80. The molecule has 3 fully saturated rings. The summed E-state index contributed by atoms with van der Waals surface area (Å²) in [6, 6.07) is 1.80. The second-order valence-corrected chi connectivity index (χ2v) is 11.5. The fourth-order valence-corrected chi connectivity index (χ4v) is 7.80. The molecule has 7 nitrogen and oxygen atoms in total. The van der Waals surface area contributed by atoms with Crippen molar-refractivity contribution in [3.63, 3.8) is 0 Å². The lowest BCUT2D eigenvalue weighted by Gasteiger charge is -2.57. The molecule has 1 aromatic heterocycles. The number of ether oxygens (including phenoxy) is 2. The van der Waals surface area contributed by atoms with E-state index in [2.05, 4.69) is 13.5 Å². The van der Waals surface area contributed by atoms with Crippen LogP contribution < -0.4 is 0 Å². The van der Waals surface area contributed by atoms with E-state index >= 15 is 0 Å². The van der Waals surface area contributed by atoms with Crippen LogP contribution in [0.5, 0.6) is 0 Å². The molecule has 2 aliphatic carbocycles. The Balaban J connectivity index is 1.59. The maximum atomic E-state index is 12.9. The zero-order chi connectivity index (χ0) is 24.8. The van der Waals surface area contributed by atoms with E-state index in [4.69, 9.17) is 13.9 Å². The smallest absolute Gasteiger partial charge is 0.339 e. The summed E-state index contributed by atoms with van der Waals surface area (Å²) in [6.45, 7) is 13.9. The lowest BCUT2D eigenvalue weighted by Crippen LogP contribution is -2.59. The van der Waals surface area contributed by atoms with Crippen LogP contribution in [0.1, 0.15) is 59.1 Å². The standard InChI is InChI=1S/C27H32O7/c1-14(22(29)30)19-24(3,4)18(28)8-10-25(19,5)17-7-11-26(6)20(16-9-12-32-13-16)33-23(31)21-27(26,34-21)15(17)2/h8-10,12-14,17,19-21H,2,7,11H2,1,3-6H3,(H,29,30)/t14?,17-,19-,20?,21+,25+,26-,27+/m0/s1. The van der Waals surface area contributed by atoms with E-state index in [1.165, 1.54) is 0 Å². The van der Waals surface area contributed by atoms with Gasteiger partial charge < -0.3 is 19.0 Å². The first kappa shape index (κ1) is 23.1. The zero-order valence-corrected chi connectivity index (χ0v) is 20.3. The summed E-state index contributed by atoms with van der Waals surface area (Å²) in [5.41, 5.74) is -1.40. The van der Waals surface area contributed by atoms with Crippen LogP contribution in [0, 0.1) is 34.0 Å². The van der Waals surface area contributed by atoms with E-state index in [1.807, 2.05) is 26.8 Å². The molecule has 2 unspecified atom stereocenters. The van der Waals surface area contributed by atoms with Gasteiger partial charge >= 0.3 is 11.9 Å². The lowest BCUT2D eigenvalue weighted by molar-refractivity contribution is -0.169. The first-order valence-electron chi connectivity index (χ1n) is 11.9. The van der Waals surface area contributed by atoms with Crippen LogP contribution in [0.2, 0.25) is 0 Å². The van der Waals surface area contributed by atoms with E-state index in [0.717, 1.165) is 11.1 Å². The van der Waals surface area contributed by atoms with Crippen molar-refractivity contribution in [2.45, 2.75) is 65.3 Å². The van der Waals surface area contributed by atoms with Gasteiger partial charge in [0.05, 0.1) is 18.4 Å². The van der Waals surface area contributed by atoms with Gasteiger partial charge in [0.15, 0.2) is 11.9 Å². The molecule has 34 heavy (non-hydrogen) atoms. The molecule has 0 bridgehead atoms. The monoisotopic (exact) mass is 468 g/mol. The van der Waals surface area contributed by atoms with Gasteiger partial charge in [-0.05, 0) is 47.8 Å². The number of epoxide rings is 1. The quantitative estimate of drug-likeness (QED) is 0.394. The maximum absolute atomic E-state index is 12.9. The van der Waals surface area contributed by atoms with E-state index in [-0.39, 0.29) is 11.7 Å². The van der Waals surface area contributed by atoms with Crippen molar-refractivity contribution in [2.24, 2.45) is 34.0 Å². The first-order valence-corrected chi connectivity index (χ1v) is 11.9. The third-order valence-corrected chi connectivity index (χ3v) is 9.50. The number of carboxylic acids is 1. The van der Waals surface area contributed by atoms with Crippen LogP contribution >= 0.6 is 0 Å². The van der Waals surface area contributed by atoms with E-state index < -0.39 is 57.8 Å². The average molecular weight is 469 g/mol. The number of esters is 1. The van der Waals surface area contributed by atoms with E-state index in [1.54, 1.807) is 31.6 Å². The van der Waals surface area contributed by atoms with Crippen LogP contribution in [-0.2, 0) is 23.9 Å². The zero-order valence-electron chi connectivity index (χ0n) is 20.3. The van der Waals surface area contributed by atoms with Gasteiger partial charge in [0.2, 0.25) is 0 Å². The number of hydrogen-bond acceptors (Lipinski definition) is 6. The molecule has 2 aliphatic heterocycles. The predicted molar refractivity (Wildman–Crippen MR) is 121 cm³/mol. The van der Waals surface area contributed by atoms with Gasteiger partial charge in [-0.1, -0.05) is 47.3 Å². The number of allylic oxidation sites excluding steroid dienone is 2. The first-order chi connectivity index (χ1) is 15.8. The highest BCUT2D eigenvalue weighted by molar-refractivity contribution is 5.96. The fourth-order valence-electron chi connectivity index (χ4n) is 7.80. The minimum atomic E-state index is -0.932. The highest BCUT2D eigenvalue weighted by atomic mass is 16.7. The third kappa shape index (κ3) is 2.65. The minimum absolute atomic E-state index is 0.0747. The number of rotatable bonds is 4. The molecule has 8 atom stereocenters. The van der Waals surface area contributed by atoms with Crippen molar-refractivity contribution in [1.82, 2.24) is 0 Å². The van der Waals surface area contributed by atoms with Crippen molar-refractivity contribution >= 4 is 17.7 Å². The molecule has 0 amide bonds. The second kappa shape index (κ2) is 6.94. The Bertz CT molecular complexity index is 1110. The van der Waals surface area contributed by atoms with Gasteiger partial charge in [0.25, 0.3) is 0 Å². The van der Waals surface area contributed by atoms with Crippen LogP contribution in [-0.4, -0.2) is 34.5 Å². The fraction of sp³-hybridized carbons (Fsp3) is 0.593. The summed E-state index contributed by atoms with van der Waals surface area (Å²) < 4.78 is 17.3. The van der Waals surface area contributed by atoms with Crippen molar-refractivity contribution in [3.05, 3.63) is 48.5 Å². The summed E-state index contributed by atoms with van der Waals surface area (Å²) in [5.74, 6) is -2.81. The SMILES string of the molecule is C=C1[C@@H]([C@@]2(C)C=CC(=O)C(C)(C)[C@@H]2C(C)C(=O)O)CC[C@@]2(C)C(c3ccoc3)OC(=O)[C@H]3O[C@]132. The number of carbonyl (C=O) groups excluding carboxylic acids is 2. The summed E-state index contributed by atoms with van der Waals surface area (Å²) in [5, 5.41) is 9.96. The molecule has 182 valence electrons. The van der Waals surface area contributed by atoms with Gasteiger partial charge in [0.1, 0.15) is 11.7 Å². The molecule has 2 saturated heterocycles. The lowest BCUT2D eigenvalue weighted by atomic mass is 9.45. The van der Waals surface area contributed by atoms with Crippen LogP contribution in [0.15, 0.2) is 47.3 Å². The van der Waals surface area contributed by atoms with Gasteiger partial charge in [-0.15, -0.1) is 0 Å². The van der Waals surface area contributed by atoms with Gasteiger partial charge in [-0.3, -0.25) is 9.59 Å². The second-order valence-electron chi connectivity index (χ2n) is 11.5. The molecule has 0 radical (unpaired) electrons. The van der Waals surface area contributed by atoms with Crippen molar-refractivity contribution in [2.75, 3.05) is 0 Å². The highest BCUT2D eigenvalue weighted by Crippen LogP contribution is 2.72. The van der Waals surface area contributed by atoms with Gasteiger partial charge in [-0.25, -0.2) is 4.79 Å². The average Bonchev–Trinajstić information content (AvgIpc) is 3.32. The van der Waals surface area contributed by atoms with Crippen molar-refractivity contribution < 1.29 is 33.4 Å². The van der Waals surface area contributed by atoms with Gasteiger partial charge in [0, 0.05) is 16.4 Å². The topological polar surface area (TPSA) is 106 Å². The molecule has 0 aromatic carbocycles. The number of furan rings is 1. The number of hydrogen-bond donors (Lipinski definition) is 1. The summed E-state index contributed by atoms with van der Waals surface area (Å²) in [4.78, 5) is 37.9. The number of aliphatic carboxylic acids is 1. The minimum Gasteiger partial charge on any atom is -0.481 e. The molecule has 1 spiro atoms. The molecule has 7 heteroatoms.